The summed E-state index contributed by atoms with van der Waals surface area (Å²) < 4.78 is 47.6. The fraction of sp³-hybridized carbons (Fsp3) is 0.393. The van der Waals surface area contributed by atoms with Gasteiger partial charge >= 0.3 is 6.18 Å². The van der Waals surface area contributed by atoms with Gasteiger partial charge in [0.2, 0.25) is 11.8 Å². The number of alkyl halides is 3. The summed E-state index contributed by atoms with van der Waals surface area (Å²) >= 11 is 1.31. The summed E-state index contributed by atoms with van der Waals surface area (Å²) in [6.07, 6.45) is -1.29. The van der Waals surface area contributed by atoms with E-state index in [2.05, 4.69) is 49.3 Å². The Hall–Kier alpha value is -3.84. The van der Waals surface area contributed by atoms with E-state index in [-0.39, 0.29) is 23.6 Å². The number of likely N-dealkylation sites (tertiary alicyclic amines) is 1. The number of rotatable bonds is 9. The number of aromatic nitrogens is 4. The Morgan fingerprint density at radius 3 is 2.78 bits per heavy atom. The zero-order chi connectivity index (χ0) is 29.1. The molecule has 0 radical (unpaired) electrons. The summed E-state index contributed by atoms with van der Waals surface area (Å²) in [5.74, 6) is 0.950. The molecule has 3 aromatic heterocycles. The molecule has 216 valence electrons. The number of benzene rings is 1. The van der Waals surface area contributed by atoms with Gasteiger partial charge in [0.25, 0.3) is 0 Å². The third-order valence-corrected chi connectivity index (χ3v) is 7.52. The first-order valence-electron chi connectivity index (χ1n) is 13.3. The number of amides is 1. The molecule has 1 aliphatic heterocycles. The van der Waals surface area contributed by atoms with Crippen molar-refractivity contribution in [2.45, 2.75) is 45.8 Å². The third-order valence-electron chi connectivity index (χ3n) is 6.59. The van der Waals surface area contributed by atoms with Gasteiger partial charge in [-0.3, -0.25) is 9.69 Å². The van der Waals surface area contributed by atoms with E-state index in [9.17, 15) is 18.0 Å². The molecule has 9 nitrogen and oxygen atoms in total. The number of para-hydroxylation sites is 1. The molecule has 0 unspecified atom stereocenters. The lowest BCUT2D eigenvalue weighted by atomic mass is 10.1. The van der Waals surface area contributed by atoms with Gasteiger partial charge in [0.15, 0.2) is 10.9 Å². The number of halogens is 3. The van der Waals surface area contributed by atoms with Crippen LogP contribution < -0.4 is 15.4 Å². The minimum atomic E-state index is -4.59. The minimum Gasteiger partial charge on any atom is -0.437 e. The van der Waals surface area contributed by atoms with Crippen LogP contribution in [-0.2, 0) is 11.0 Å². The highest BCUT2D eigenvalue weighted by Crippen LogP contribution is 2.36. The lowest BCUT2D eigenvalue weighted by Crippen LogP contribution is -2.37. The van der Waals surface area contributed by atoms with Crippen LogP contribution in [0.25, 0.3) is 21.5 Å². The molecule has 41 heavy (non-hydrogen) atoms. The molecule has 0 bridgehead atoms. The Labute approximate surface area is 239 Å². The summed E-state index contributed by atoms with van der Waals surface area (Å²) in [6, 6.07) is 9.44. The van der Waals surface area contributed by atoms with E-state index in [1.165, 1.54) is 30.7 Å². The van der Waals surface area contributed by atoms with Gasteiger partial charge in [0.1, 0.15) is 23.4 Å². The number of carbonyl (C=O) groups is 1. The second-order valence-electron chi connectivity index (χ2n) is 10.3. The molecule has 4 aromatic rings. The van der Waals surface area contributed by atoms with Crippen molar-refractivity contribution < 1.29 is 22.7 Å². The lowest BCUT2D eigenvalue weighted by Gasteiger charge is -2.27. The van der Waals surface area contributed by atoms with Crippen molar-refractivity contribution in [2.24, 2.45) is 5.92 Å². The van der Waals surface area contributed by atoms with E-state index < -0.39 is 11.9 Å². The summed E-state index contributed by atoms with van der Waals surface area (Å²) in [5.41, 5.74) is 0.319. The highest BCUT2D eigenvalue weighted by molar-refractivity contribution is 7.22. The SMILES string of the molecule is CC(=O)Nc1nc2c(Oc3cc(-c4ccc(C(F)(F)F)nc4NC[C@@H]4CCCN4CC(C)C)ncn3)cccc2s1. The van der Waals surface area contributed by atoms with E-state index in [1.807, 2.05) is 6.07 Å². The number of anilines is 2. The average molecular weight is 586 g/mol. The van der Waals surface area contributed by atoms with Crippen molar-refractivity contribution in [3.8, 4) is 22.9 Å². The van der Waals surface area contributed by atoms with Crippen LogP contribution in [0.15, 0.2) is 42.7 Å². The molecule has 5 rings (SSSR count). The Balaban J connectivity index is 1.43. The van der Waals surface area contributed by atoms with Gasteiger partial charge in [-0.1, -0.05) is 31.3 Å². The van der Waals surface area contributed by atoms with Crippen molar-refractivity contribution in [2.75, 3.05) is 30.3 Å². The molecule has 2 N–H and O–H groups in total. The smallest absolute Gasteiger partial charge is 0.433 e. The molecule has 1 aliphatic rings. The number of pyridine rings is 1. The first-order chi connectivity index (χ1) is 19.6. The molecule has 0 aliphatic carbocycles. The molecule has 1 amide bonds. The third kappa shape index (κ3) is 6.91. The van der Waals surface area contributed by atoms with Crippen LogP contribution >= 0.6 is 11.3 Å². The molecule has 1 saturated heterocycles. The van der Waals surface area contributed by atoms with Crippen molar-refractivity contribution in [3.05, 3.63) is 48.4 Å². The quantitative estimate of drug-likeness (QED) is 0.231. The summed E-state index contributed by atoms with van der Waals surface area (Å²) in [7, 11) is 0. The number of fused-ring (bicyclic) bond motifs is 1. The fourth-order valence-corrected chi connectivity index (χ4v) is 5.80. The number of carbonyl (C=O) groups excluding carboxylic acids is 1. The molecular formula is C28H30F3N7O2S. The summed E-state index contributed by atoms with van der Waals surface area (Å²) in [5, 5.41) is 6.29. The van der Waals surface area contributed by atoms with Crippen LogP contribution in [0.4, 0.5) is 24.1 Å². The minimum absolute atomic E-state index is 0.0995. The van der Waals surface area contributed by atoms with Crippen molar-refractivity contribution in [1.82, 2.24) is 24.8 Å². The lowest BCUT2D eigenvalue weighted by molar-refractivity contribution is -0.141. The molecule has 0 saturated carbocycles. The maximum atomic E-state index is 13.6. The zero-order valence-corrected chi connectivity index (χ0v) is 23.6. The largest absolute Gasteiger partial charge is 0.437 e. The van der Waals surface area contributed by atoms with Gasteiger partial charge in [0, 0.05) is 37.7 Å². The molecule has 0 spiro atoms. The number of nitrogens with one attached hydrogen (secondary N) is 2. The Kier molecular flexibility index (Phi) is 8.36. The Bertz CT molecular complexity index is 1540. The molecule has 13 heteroatoms. The zero-order valence-electron chi connectivity index (χ0n) is 22.8. The van der Waals surface area contributed by atoms with Gasteiger partial charge in [-0.25, -0.2) is 19.9 Å². The molecule has 1 atom stereocenters. The summed E-state index contributed by atoms with van der Waals surface area (Å²) in [6.45, 7) is 8.07. The van der Waals surface area contributed by atoms with E-state index in [4.69, 9.17) is 4.74 Å². The van der Waals surface area contributed by atoms with Crippen LogP contribution in [0.1, 0.15) is 39.3 Å². The van der Waals surface area contributed by atoms with Crippen molar-refractivity contribution in [3.63, 3.8) is 0 Å². The van der Waals surface area contributed by atoms with E-state index in [0.717, 1.165) is 36.7 Å². The monoisotopic (exact) mass is 585 g/mol. The number of ether oxygens (including phenoxy) is 1. The average Bonchev–Trinajstić information content (AvgIpc) is 3.52. The van der Waals surface area contributed by atoms with Gasteiger partial charge < -0.3 is 15.4 Å². The van der Waals surface area contributed by atoms with E-state index in [1.54, 1.807) is 18.2 Å². The van der Waals surface area contributed by atoms with Crippen LogP contribution in [0, 0.1) is 5.92 Å². The van der Waals surface area contributed by atoms with Crippen LogP contribution in [0.3, 0.4) is 0 Å². The van der Waals surface area contributed by atoms with Crippen LogP contribution in [-0.4, -0.2) is 56.4 Å². The predicted octanol–water partition coefficient (Wildman–Crippen LogP) is 6.45. The highest BCUT2D eigenvalue weighted by Gasteiger charge is 2.33. The Morgan fingerprint density at radius 2 is 2.02 bits per heavy atom. The topological polar surface area (TPSA) is 105 Å². The Morgan fingerprint density at radius 1 is 1.20 bits per heavy atom. The number of thiazole rings is 1. The highest BCUT2D eigenvalue weighted by atomic mass is 32.1. The van der Waals surface area contributed by atoms with Gasteiger partial charge in [0.05, 0.1) is 10.4 Å². The predicted molar refractivity (Wildman–Crippen MR) is 152 cm³/mol. The first kappa shape index (κ1) is 28.7. The maximum Gasteiger partial charge on any atom is 0.433 e. The van der Waals surface area contributed by atoms with Crippen molar-refractivity contribution >= 4 is 38.4 Å². The van der Waals surface area contributed by atoms with Gasteiger partial charge in [-0.2, -0.15) is 13.2 Å². The number of nitrogens with zero attached hydrogens (tertiary/aromatic N) is 5. The normalized spacial score (nSPS) is 15.9. The summed E-state index contributed by atoms with van der Waals surface area (Å²) in [4.78, 5) is 30.7. The number of hydrogen-bond donors (Lipinski definition) is 2. The standard InChI is InChI=1S/C28H30F3N7O2S/c1-16(2)14-38-11-5-6-18(38)13-32-26-19(9-10-23(36-26)28(29,30)31)20-12-24(34-15-33-20)40-21-7-4-8-22-25(21)37-27(41-22)35-17(3)39/h4,7-10,12,15-16,18H,5-6,11,13-14H2,1-3H3,(H,32,36)(H,35,37,39)/t18-/m0/s1. The molecular weight excluding hydrogens is 555 g/mol. The molecule has 1 fully saturated rings. The van der Waals surface area contributed by atoms with Gasteiger partial charge in [-0.05, 0) is 49.6 Å². The number of hydrogen-bond acceptors (Lipinski definition) is 9. The van der Waals surface area contributed by atoms with Crippen LogP contribution in [0.2, 0.25) is 0 Å². The maximum absolute atomic E-state index is 13.6. The van der Waals surface area contributed by atoms with Gasteiger partial charge in [-0.15, -0.1) is 0 Å². The van der Waals surface area contributed by atoms with E-state index in [0.29, 0.717) is 40.1 Å². The molecule has 4 heterocycles. The van der Waals surface area contributed by atoms with Crippen LogP contribution in [0.5, 0.6) is 11.6 Å². The second kappa shape index (κ2) is 12.0. The fourth-order valence-electron chi connectivity index (χ4n) is 4.87. The molecule has 1 aromatic carbocycles. The van der Waals surface area contributed by atoms with E-state index >= 15 is 0 Å². The van der Waals surface area contributed by atoms with Crippen molar-refractivity contribution in [1.29, 1.82) is 0 Å². The first-order valence-corrected chi connectivity index (χ1v) is 14.1. The second-order valence-corrected chi connectivity index (χ2v) is 11.3.